The summed E-state index contributed by atoms with van der Waals surface area (Å²) in [4.78, 5) is 40.8. The van der Waals surface area contributed by atoms with Crippen LogP contribution >= 0.6 is 0 Å². The summed E-state index contributed by atoms with van der Waals surface area (Å²) in [6, 6.07) is 17.8. The fraction of sp³-hybridized carbons (Fsp3) is 0.231. The molecule has 11 nitrogen and oxygen atoms in total. The van der Waals surface area contributed by atoms with Crippen molar-refractivity contribution in [2.75, 3.05) is 5.32 Å². The number of ether oxygens (including phenoxy) is 1. The highest BCUT2D eigenvalue weighted by molar-refractivity contribution is 5.91. The standard InChI is InChI=1S/C26H27N7O4/c34-24-16-21(29-26(36)37-19-20-8-2-1-3-9-20)11-15-32(24)13-6-7-14-33-18-23(30-31-33)25(35)28-17-22-10-4-5-12-27-22/h1-5,8-12,15-16,18H,6-7,13-14,17,19H2,(H,28,35)(H,29,36). The van der Waals surface area contributed by atoms with Crippen LogP contribution in [0.3, 0.4) is 0 Å². The lowest BCUT2D eigenvalue weighted by atomic mass is 10.2. The Morgan fingerprint density at radius 1 is 0.973 bits per heavy atom. The zero-order chi connectivity index (χ0) is 25.9. The van der Waals surface area contributed by atoms with Gasteiger partial charge in [0.1, 0.15) is 6.61 Å². The molecule has 0 bridgehead atoms. The molecule has 0 aliphatic rings. The first kappa shape index (κ1) is 25.3. The number of nitrogens with one attached hydrogen (secondary N) is 2. The second kappa shape index (κ2) is 12.8. The molecule has 4 rings (SSSR count). The quantitative estimate of drug-likeness (QED) is 0.302. The van der Waals surface area contributed by atoms with Crippen molar-refractivity contribution in [3.63, 3.8) is 0 Å². The Hall–Kier alpha value is -4.80. The lowest BCUT2D eigenvalue weighted by Crippen LogP contribution is -2.23. The van der Waals surface area contributed by atoms with E-state index in [0.29, 0.717) is 31.7 Å². The molecule has 37 heavy (non-hydrogen) atoms. The number of unbranched alkanes of at least 4 members (excludes halogenated alkanes) is 1. The van der Waals surface area contributed by atoms with E-state index < -0.39 is 6.09 Å². The van der Waals surface area contributed by atoms with Crippen molar-refractivity contribution in [3.8, 4) is 0 Å². The molecule has 0 atom stereocenters. The third kappa shape index (κ3) is 7.85. The van der Waals surface area contributed by atoms with Gasteiger partial charge in [0.05, 0.1) is 24.1 Å². The van der Waals surface area contributed by atoms with Gasteiger partial charge in [0.2, 0.25) is 0 Å². The number of hydrogen-bond donors (Lipinski definition) is 2. The molecule has 2 amide bonds. The molecule has 4 aromatic rings. The average molecular weight is 502 g/mol. The summed E-state index contributed by atoms with van der Waals surface area (Å²) in [6.07, 6.45) is 5.72. The fourth-order valence-electron chi connectivity index (χ4n) is 3.48. The minimum Gasteiger partial charge on any atom is -0.444 e. The van der Waals surface area contributed by atoms with E-state index in [9.17, 15) is 14.4 Å². The highest BCUT2D eigenvalue weighted by Crippen LogP contribution is 2.07. The van der Waals surface area contributed by atoms with E-state index in [4.69, 9.17) is 4.74 Å². The molecule has 2 N–H and O–H groups in total. The van der Waals surface area contributed by atoms with E-state index in [2.05, 4.69) is 25.9 Å². The van der Waals surface area contributed by atoms with E-state index in [1.165, 1.54) is 6.07 Å². The van der Waals surface area contributed by atoms with Crippen LogP contribution in [-0.2, 0) is 31.0 Å². The van der Waals surface area contributed by atoms with Crippen LogP contribution in [0.4, 0.5) is 10.5 Å². The van der Waals surface area contributed by atoms with Gasteiger partial charge in [-0.15, -0.1) is 5.10 Å². The summed E-state index contributed by atoms with van der Waals surface area (Å²) >= 11 is 0. The molecule has 0 saturated carbocycles. The second-order valence-corrected chi connectivity index (χ2v) is 8.21. The number of rotatable bonds is 11. The number of amides is 2. The maximum Gasteiger partial charge on any atom is 0.411 e. The molecule has 0 unspecified atom stereocenters. The van der Waals surface area contributed by atoms with E-state index in [1.54, 1.807) is 33.9 Å². The van der Waals surface area contributed by atoms with E-state index in [0.717, 1.165) is 17.7 Å². The third-order valence-corrected chi connectivity index (χ3v) is 5.42. The number of carbonyl (C=O) groups is 2. The van der Waals surface area contributed by atoms with Crippen LogP contribution in [0.1, 0.15) is 34.6 Å². The van der Waals surface area contributed by atoms with Crippen LogP contribution in [0.5, 0.6) is 0 Å². The van der Waals surface area contributed by atoms with Crippen molar-refractivity contribution >= 4 is 17.7 Å². The van der Waals surface area contributed by atoms with Gasteiger partial charge in [-0.3, -0.25) is 24.6 Å². The van der Waals surface area contributed by atoms with Gasteiger partial charge in [0.25, 0.3) is 11.5 Å². The molecule has 1 aromatic carbocycles. The number of anilines is 1. The van der Waals surface area contributed by atoms with Gasteiger partial charge in [-0.25, -0.2) is 4.79 Å². The summed E-state index contributed by atoms with van der Waals surface area (Å²) in [7, 11) is 0. The molecule has 0 aliphatic carbocycles. The Balaban J connectivity index is 1.17. The summed E-state index contributed by atoms with van der Waals surface area (Å²) in [5.74, 6) is -0.318. The van der Waals surface area contributed by atoms with Crippen molar-refractivity contribution in [2.45, 2.75) is 39.1 Å². The van der Waals surface area contributed by atoms with E-state index >= 15 is 0 Å². The zero-order valence-corrected chi connectivity index (χ0v) is 20.1. The summed E-state index contributed by atoms with van der Waals surface area (Å²) in [5.41, 5.74) is 2.01. The molecule has 3 heterocycles. The molecule has 190 valence electrons. The lowest BCUT2D eigenvalue weighted by Gasteiger charge is -2.09. The largest absolute Gasteiger partial charge is 0.444 e. The first-order valence-electron chi connectivity index (χ1n) is 11.8. The van der Waals surface area contributed by atoms with Crippen LogP contribution in [0.15, 0.2) is 84.0 Å². The Bertz CT molecular complexity index is 1370. The topological polar surface area (TPSA) is 133 Å². The Kier molecular flexibility index (Phi) is 8.73. The number of pyridine rings is 2. The van der Waals surface area contributed by atoms with Crippen molar-refractivity contribution in [2.24, 2.45) is 0 Å². The maximum absolute atomic E-state index is 12.4. The van der Waals surface area contributed by atoms with Crippen LogP contribution in [0, 0.1) is 0 Å². The lowest BCUT2D eigenvalue weighted by molar-refractivity contribution is 0.0945. The average Bonchev–Trinajstić information content (AvgIpc) is 3.40. The molecule has 0 saturated heterocycles. The number of aromatic nitrogens is 5. The third-order valence-electron chi connectivity index (χ3n) is 5.42. The molecule has 3 aromatic heterocycles. The number of hydrogen-bond acceptors (Lipinski definition) is 7. The number of aryl methyl sites for hydroxylation is 2. The predicted octanol–water partition coefficient (Wildman–Crippen LogP) is 2.99. The van der Waals surface area contributed by atoms with Crippen molar-refractivity contribution in [1.29, 1.82) is 0 Å². The normalized spacial score (nSPS) is 10.6. The molecule has 11 heteroatoms. The maximum atomic E-state index is 12.4. The van der Waals surface area contributed by atoms with Crippen LogP contribution in [-0.4, -0.2) is 36.5 Å². The molecule has 0 fully saturated rings. The molecule has 0 spiro atoms. The van der Waals surface area contributed by atoms with Crippen molar-refractivity contribution in [3.05, 3.63) is 107 Å². The SMILES string of the molecule is O=C(Nc1ccn(CCCCn2cc(C(=O)NCc3ccccn3)nn2)c(=O)c1)OCc1ccccc1. The van der Waals surface area contributed by atoms with Crippen LogP contribution < -0.4 is 16.2 Å². The van der Waals surface area contributed by atoms with Crippen LogP contribution in [0.25, 0.3) is 0 Å². The minimum absolute atomic E-state index is 0.146. The summed E-state index contributed by atoms with van der Waals surface area (Å²) in [5, 5.41) is 13.3. The van der Waals surface area contributed by atoms with Gasteiger partial charge < -0.3 is 14.6 Å². The van der Waals surface area contributed by atoms with E-state index in [1.807, 2.05) is 48.5 Å². The number of benzene rings is 1. The zero-order valence-electron chi connectivity index (χ0n) is 20.1. The summed E-state index contributed by atoms with van der Waals surface area (Å²) in [6.45, 7) is 1.52. The van der Waals surface area contributed by atoms with Crippen LogP contribution in [0.2, 0.25) is 0 Å². The predicted molar refractivity (Wildman–Crippen MR) is 136 cm³/mol. The van der Waals surface area contributed by atoms with Gasteiger partial charge in [-0.1, -0.05) is 41.6 Å². The highest BCUT2D eigenvalue weighted by Gasteiger charge is 2.11. The molecular formula is C26H27N7O4. The van der Waals surface area contributed by atoms with Gasteiger partial charge in [-0.05, 0) is 36.6 Å². The Morgan fingerprint density at radius 2 is 1.78 bits per heavy atom. The van der Waals surface area contributed by atoms with Gasteiger partial charge in [0.15, 0.2) is 5.69 Å². The smallest absolute Gasteiger partial charge is 0.411 e. The molecular weight excluding hydrogens is 474 g/mol. The van der Waals surface area contributed by atoms with E-state index in [-0.39, 0.29) is 23.8 Å². The first-order chi connectivity index (χ1) is 18.1. The monoisotopic (exact) mass is 501 g/mol. The van der Waals surface area contributed by atoms with Crippen molar-refractivity contribution in [1.82, 2.24) is 29.9 Å². The molecule has 0 aliphatic heterocycles. The first-order valence-corrected chi connectivity index (χ1v) is 11.8. The van der Waals surface area contributed by atoms with Gasteiger partial charge >= 0.3 is 6.09 Å². The van der Waals surface area contributed by atoms with Gasteiger partial charge in [0, 0.05) is 31.5 Å². The van der Waals surface area contributed by atoms with Gasteiger partial charge in [-0.2, -0.15) is 0 Å². The minimum atomic E-state index is -0.626. The Morgan fingerprint density at radius 3 is 2.57 bits per heavy atom. The highest BCUT2D eigenvalue weighted by atomic mass is 16.5. The van der Waals surface area contributed by atoms with Crippen molar-refractivity contribution < 1.29 is 14.3 Å². The Labute approximate surface area is 213 Å². The number of carbonyl (C=O) groups excluding carboxylic acids is 2. The number of nitrogens with zero attached hydrogens (tertiary/aromatic N) is 5. The fourth-order valence-corrected chi connectivity index (χ4v) is 3.48. The molecule has 0 radical (unpaired) electrons. The summed E-state index contributed by atoms with van der Waals surface area (Å²) < 4.78 is 8.35. The second-order valence-electron chi connectivity index (χ2n) is 8.21.